The summed E-state index contributed by atoms with van der Waals surface area (Å²) in [6.45, 7) is 20.0. The van der Waals surface area contributed by atoms with Crippen LogP contribution in [0.5, 0.6) is 23.0 Å². The number of aryl methyl sites for hydroxylation is 7. The molecule has 0 saturated carbocycles. The zero-order valence-corrected chi connectivity index (χ0v) is 74.4. The number of anilines is 2. The van der Waals surface area contributed by atoms with Crippen LogP contribution in [0.15, 0.2) is 97.1 Å². The minimum absolute atomic E-state index is 0.0194. The smallest absolute Gasteiger partial charge is 0.414 e. The molecule has 0 radical (unpaired) electrons. The minimum atomic E-state index is -4.45. The van der Waals surface area contributed by atoms with E-state index in [9.17, 15) is 126 Å². The molecule has 0 aliphatic heterocycles. The van der Waals surface area contributed by atoms with Crippen LogP contribution in [0.3, 0.4) is 0 Å². The standard InChI is InChI=1S/C16H23NO7S.C14H19NO6S.2C12H14O7S.2C11H14O6S/c1-11-10-12(14(18)23-8-9-25(20,21)22)6-7-13(11)17(5)15(19)24-16(2,3)4;1-8-7-9(2)13(15-11(4)16)10(3)12(8)14(17)21-5-6-22(18,19)20;1-8-3-4-10(7-11(8)19-9(2)13)12(14)18-5-6-20(15,16)17;1-8-3-4-10(11(7-8)19-9(2)13)12(14)18-5-6-20(15,16)17;1-8-3-4-9(7-10(8)16-2)11(12)17-5-6-18(13,14)15;1-8-3-4-9(10(7-8)16-2)11(12)17-5-6-18(13,14)15/h6-7,10H,8-9H2,1-5H3,(H,20,21,22);7H,5-6H2,1-4H3,(H,15,16)(H,18,19,20);2*3-4,7H,5-6H2,1-2H3,(H,15,16,17);2*3-4,7H,5-6H2,1-2H3,(H,13,14,15)/p-6. The Kier molecular flexibility index (Phi) is 44.5. The Morgan fingerprint density at radius 3 is 1.04 bits per heavy atom. The average molecular weight is 1850 g/mol. The van der Waals surface area contributed by atoms with Crippen molar-refractivity contribution in [2.45, 2.75) is 103 Å². The lowest BCUT2D eigenvalue weighted by Gasteiger charge is -2.25. The molecule has 0 aromatic heterocycles. The first-order valence-electron chi connectivity index (χ1n) is 35.3. The number of carbonyl (C=O) groups excluding carboxylic acids is 10. The first-order chi connectivity index (χ1) is 56.4. The number of hydrogen-bond acceptors (Lipinski definition) is 39. The molecule has 47 heteroatoms. The van der Waals surface area contributed by atoms with Crippen LogP contribution in [0.25, 0.3) is 0 Å². The lowest BCUT2D eigenvalue weighted by Crippen LogP contribution is -2.34. The third-order valence-corrected chi connectivity index (χ3v) is 18.8. The fraction of sp³-hybridized carbons (Fsp3) is 0.395. The van der Waals surface area contributed by atoms with Gasteiger partial charge in [0.2, 0.25) is 5.91 Å². The molecule has 2 amide bonds. The van der Waals surface area contributed by atoms with Gasteiger partial charge in [-0.15, -0.1) is 0 Å². The van der Waals surface area contributed by atoms with E-state index in [1.54, 1.807) is 112 Å². The Labute approximate surface area is 711 Å². The maximum atomic E-state index is 12.1. The molecule has 0 fully saturated rings. The van der Waals surface area contributed by atoms with Crippen molar-refractivity contribution in [2.24, 2.45) is 0 Å². The number of carbonyl (C=O) groups is 10. The number of ether oxygens (including phenoxy) is 11. The molecule has 0 bridgehead atoms. The Hall–Kier alpha value is -11.1. The number of nitrogens with one attached hydrogen (secondary N) is 1. The summed E-state index contributed by atoms with van der Waals surface area (Å²) in [6.07, 6.45) is -0.536. The molecule has 0 atom stereocenters. The van der Waals surface area contributed by atoms with Gasteiger partial charge in [0.15, 0.2) is 0 Å². The highest BCUT2D eigenvalue weighted by Crippen LogP contribution is 2.30. The Balaban J connectivity index is 0.000000741. The number of amides is 2. The van der Waals surface area contributed by atoms with Crippen LogP contribution >= 0.6 is 0 Å². The van der Waals surface area contributed by atoms with E-state index in [0.717, 1.165) is 22.3 Å². The van der Waals surface area contributed by atoms with E-state index in [4.69, 9.17) is 33.2 Å². The van der Waals surface area contributed by atoms with Crippen LogP contribution in [0.2, 0.25) is 0 Å². The van der Waals surface area contributed by atoms with Gasteiger partial charge in [-0.2, -0.15) is 0 Å². The van der Waals surface area contributed by atoms with E-state index in [2.05, 4.69) is 24.3 Å². The van der Waals surface area contributed by atoms with Crippen LogP contribution in [0.1, 0.15) is 148 Å². The quantitative estimate of drug-likeness (QED) is 0.0234. The molecule has 0 aliphatic rings. The van der Waals surface area contributed by atoms with Gasteiger partial charge in [-0.25, -0.2) is 84.1 Å². The third kappa shape index (κ3) is 46.1. The maximum Gasteiger partial charge on any atom is 0.414 e. The second-order valence-electron chi connectivity index (χ2n) is 26.5. The van der Waals surface area contributed by atoms with Gasteiger partial charge in [0.25, 0.3) is 0 Å². The first-order valence-corrected chi connectivity index (χ1v) is 44.8. The van der Waals surface area contributed by atoms with E-state index in [1.807, 2.05) is 13.8 Å². The van der Waals surface area contributed by atoms with Crippen LogP contribution in [-0.4, -0.2) is 239 Å². The highest BCUT2D eigenvalue weighted by Gasteiger charge is 2.25. The number of rotatable bonds is 30. The van der Waals surface area contributed by atoms with Crippen molar-refractivity contribution in [2.75, 3.05) is 106 Å². The van der Waals surface area contributed by atoms with Crippen LogP contribution in [0, 0.1) is 55.4 Å². The van der Waals surface area contributed by atoms with Gasteiger partial charge in [-0.3, -0.25) is 19.3 Å². The highest BCUT2D eigenvalue weighted by atomic mass is 32.2. The van der Waals surface area contributed by atoms with Gasteiger partial charge in [0.1, 0.15) is 79.4 Å². The molecule has 0 heterocycles. The van der Waals surface area contributed by atoms with Gasteiger partial charge in [-0.1, -0.05) is 30.3 Å². The normalized spacial score (nSPS) is 11.2. The molecule has 6 rings (SSSR count). The van der Waals surface area contributed by atoms with Crippen molar-refractivity contribution < 1.29 is 178 Å². The molecule has 41 nitrogen and oxygen atoms in total. The predicted octanol–water partition coefficient (Wildman–Crippen LogP) is 6.00. The van der Waals surface area contributed by atoms with Crippen molar-refractivity contribution in [3.63, 3.8) is 0 Å². The van der Waals surface area contributed by atoms with Gasteiger partial charge in [0, 0.05) is 39.2 Å². The monoisotopic (exact) mass is 1850 g/mol. The van der Waals surface area contributed by atoms with Crippen molar-refractivity contribution in [1.82, 2.24) is 0 Å². The number of hydrogen-bond donors (Lipinski definition) is 1. The summed E-state index contributed by atoms with van der Waals surface area (Å²) in [5.41, 5.74) is 7.13. The lowest BCUT2D eigenvalue weighted by molar-refractivity contribution is -0.132. The largest absolute Gasteiger partial charge is 0.748 e. The average Bonchev–Trinajstić information content (AvgIpc) is 0.795. The van der Waals surface area contributed by atoms with Crippen LogP contribution in [0.4, 0.5) is 16.2 Å². The van der Waals surface area contributed by atoms with Crippen molar-refractivity contribution in [3.05, 3.63) is 175 Å². The summed E-state index contributed by atoms with van der Waals surface area (Å²) in [6, 6.07) is 24.6. The van der Waals surface area contributed by atoms with Gasteiger partial charge in [0.05, 0.1) is 132 Å². The molecule has 0 aliphatic carbocycles. The SMILES string of the molecule is CC(=O)Nc1c(C)cc(C)c(C(=O)OCCS(=O)(=O)[O-])c1C.CC(=O)Oc1cc(C(=O)OCCS(=O)(=O)[O-])ccc1C.CC(=O)Oc1cc(C)ccc1C(=O)OCCS(=O)(=O)[O-].COc1cc(C(=O)OCCS(=O)(=O)[O-])ccc1C.COc1cc(C)ccc1C(=O)OCCS(=O)(=O)[O-].Cc1cc(C(=O)OCCS(=O)(=O)[O-])ccc1N(C)C(=O)OC(C)(C)C. The molecule has 682 valence electrons. The molecule has 1 N–H and O–H groups in total. The minimum Gasteiger partial charge on any atom is -0.748 e. The fourth-order valence-corrected chi connectivity index (χ4v) is 11.0. The summed E-state index contributed by atoms with van der Waals surface area (Å²) in [7, 11) is -22.1. The number of methoxy groups -OCH3 is 2. The third-order valence-electron chi connectivity index (χ3n) is 14.8. The number of nitrogens with zero attached hydrogens (tertiary/aromatic N) is 1. The zero-order chi connectivity index (χ0) is 94.7. The second-order valence-corrected chi connectivity index (χ2v) is 35.7. The van der Waals surface area contributed by atoms with Crippen LogP contribution < -0.4 is 29.2 Å². The van der Waals surface area contributed by atoms with E-state index < -0.39 is 194 Å². The number of esters is 8. The predicted molar refractivity (Wildman–Crippen MR) is 430 cm³/mol. The Morgan fingerprint density at radius 2 is 0.691 bits per heavy atom. The van der Waals surface area contributed by atoms with Crippen molar-refractivity contribution >= 4 is 132 Å². The molecule has 6 aromatic carbocycles. The summed E-state index contributed by atoms with van der Waals surface area (Å²) < 4.78 is 241. The van der Waals surface area contributed by atoms with Crippen molar-refractivity contribution in [3.8, 4) is 23.0 Å². The lowest BCUT2D eigenvalue weighted by atomic mass is 9.97. The summed E-state index contributed by atoms with van der Waals surface area (Å²) in [5, 5.41) is 2.65. The van der Waals surface area contributed by atoms with E-state index in [0.29, 0.717) is 45.1 Å². The summed E-state index contributed by atoms with van der Waals surface area (Å²) in [4.78, 5) is 117. The molecule has 6 aromatic rings. The van der Waals surface area contributed by atoms with Crippen molar-refractivity contribution in [1.29, 1.82) is 0 Å². The number of benzene rings is 6. The second kappa shape index (κ2) is 49.8. The molecule has 123 heavy (non-hydrogen) atoms. The molecular formula is C76H92N2O39S6-6. The molecule has 0 unspecified atom stereocenters. The maximum absolute atomic E-state index is 12.1. The van der Waals surface area contributed by atoms with Gasteiger partial charge < -0.3 is 84.7 Å². The van der Waals surface area contributed by atoms with E-state index in [1.165, 1.54) is 94.5 Å². The summed E-state index contributed by atoms with van der Waals surface area (Å²) in [5.74, 6) is -9.53. The van der Waals surface area contributed by atoms with Gasteiger partial charge >= 0.3 is 53.8 Å². The topological polar surface area (TPSA) is 631 Å². The van der Waals surface area contributed by atoms with E-state index in [-0.39, 0.29) is 50.8 Å². The molecular weight excluding hydrogens is 1760 g/mol. The summed E-state index contributed by atoms with van der Waals surface area (Å²) >= 11 is 0. The fourth-order valence-electron chi connectivity index (χ4n) is 9.30. The molecule has 0 spiro atoms. The Bertz CT molecular complexity index is 5510. The highest BCUT2D eigenvalue weighted by molar-refractivity contribution is 7.86. The zero-order valence-electron chi connectivity index (χ0n) is 69.5. The van der Waals surface area contributed by atoms with Crippen LogP contribution in [-0.2, 0) is 108 Å². The van der Waals surface area contributed by atoms with Gasteiger partial charge in [-0.05, 0) is 187 Å². The van der Waals surface area contributed by atoms with E-state index >= 15 is 0 Å². The first kappa shape index (κ1) is 110. The Morgan fingerprint density at radius 1 is 0.366 bits per heavy atom. The molecule has 0 saturated heterocycles.